The summed E-state index contributed by atoms with van der Waals surface area (Å²) in [5, 5.41) is 8.34. The first-order valence-corrected chi connectivity index (χ1v) is 9.81. The van der Waals surface area contributed by atoms with Crippen molar-refractivity contribution >= 4 is 23.4 Å². The van der Waals surface area contributed by atoms with Gasteiger partial charge in [-0.25, -0.2) is 4.39 Å². The van der Waals surface area contributed by atoms with Crippen molar-refractivity contribution in [2.45, 2.75) is 32.4 Å². The number of anilines is 1. The Labute approximate surface area is 174 Å². The van der Waals surface area contributed by atoms with E-state index in [-0.39, 0.29) is 37.1 Å². The number of nitrogens with zero attached hydrogens (tertiary/aromatic N) is 1. The Morgan fingerprint density at radius 2 is 2.10 bits per heavy atom. The predicted octanol–water partition coefficient (Wildman–Crippen LogP) is 1.99. The maximum absolute atomic E-state index is 14.0. The number of piperidine rings is 1. The molecule has 3 N–H and O–H groups in total. The third-order valence-electron chi connectivity index (χ3n) is 5.12. The fourth-order valence-electron chi connectivity index (χ4n) is 3.51. The highest BCUT2D eigenvalue weighted by Crippen LogP contribution is 2.28. The topological polar surface area (TPSA) is 90.5 Å². The van der Waals surface area contributed by atoms with Crippen molar-refractivity contribution in [1.82, 2.24) is 15.5 Å². The van der Waals surface area contributed by atoms with Gasteiger partial charge in [0.1, 0.15) is 11.9 Å². The molecule has 0 bridgehead atoms. The van der Waals surface area contributed by atoms with E-state index in [2.05, 4.69) is 16.0 Å². The molecule has 8 heteroatoms. The normalized spacial score (nSPS) is 22.3. The second-order valence-corrected chi connectivity index (χ2v) is 7.11. The minimum atomic E-state index is -0.681. The molecule has 1 unspecified atom stereocenters. The lowest BCUT2D eigenvalue weighted by molar-refractivity contribution is -0.142. The average molecular weight is 412 g/mol. The van der Waals surface area contributed by atoms with Gasteiger partial charge in [0.2, 0.25) is 11.8 Å². The summed E-state index contributed by atoms with van der Waals surface area (Å²) in [7, 11) is 1.76. The summed E-state index contributed by atoms with van der Waals surface area (Å²) in [5.41, 5.74) is 2.46. The number of likely N-dealkylation sites (tertiary alicyclic amines) is 1. The van der Waals surface area contributed by atoms with Crippen LogP contribution in [-0.2, 0) is 20.9 Å². The van der Waals surface area contributed by atoms with Gasteiger partial charge < -0.3 is 15.5 Å². The maximum Gasteiger partial charge on any atom is 0.255 e. The minimum absolute atomic E-state index is 0.201. The number of allylic oxidation sites excluding steroid dienone is 3. The van der Waals surface area contributed by atoms with E-state index in [1.165, 1.54) is 11.0 Å². The lowest BCUT2D eigenvalue weighted by Crippen LogP contribution is -2.52. The number of imide groups is 1. The van der Waals surface area contributed by atoms with Crippen molar-refractivity contribution in [2.24, 2.45) is 0 Å². The van der Waals surface area contributed by atoms with Crippen LogP contribution in [0.2, 0.25) is 0 Å². The highest BCUT2D eigenvalue weighted by Gasteiger charge is 2.40. The third kappa shape index (κ3) is 4.59. The van der Waals surface area contributed by atoms with Gasteiger partial charge in [-0.15, -0.1) is 0 Å². The van der Waals surface area contributed by atoms with E-state index in [4.69, 9.17) is 0 Å². The van der Waals surface area contributed by atoms with Crippen molar-refractivity contribution < 1.29 is 18.8 Å². The molecule has 1 aromatic carbocycles. The van der Waals surface area contributed by atoms with E-state index in [1.807, 2.05) is 6.92 Å². The number of hydrogen-bond donors (Lipinski definition) is 3. The number of hydrogen-bond acceptors (Lipinski definition) is 5. The van der Waals surface area contributed by atoms with E-state index in [0.717, 1.165) is 5.69 Å². The van der Waals surface area contributed by atoms with Crippen molar-refractivity contribution in [2.75, 3.05) is 18.9 Å². The molecular weight excluding hydrogens is 387 g/mol. The van der Waals surface area contributed by atoms with Crippen LogP contribution < -0.4 is 16.0 Å². The van der Waals surface area contributed by atoms with Crippen LogP contribution in [0.3, 0.4) is 0 Å². The smallest absolute Gasteiger partial charge is 0.255 e. The number of carbonyl (C=O) groups excluding carboxylic acids is 3. The first kappa shape index (κ1) is 21.3. The second-order valence-electron chi connectivity index (χ2n) is 7.11. The Bertz CT molecular complexity index is 952. The lowest BCUT2D eigenvalue weighted by atomic mass is 10.0. The molecule has 3 rings (SSSR count). The number of halogens is 1. The quantitative estimate of drug-likeness (QED) is 0.491. The molecule has 0 aliphatic carbocycles. The molecule has 0 saturated carbocycles. The number of benzene rings is 1. The van der Waals surface area contributed by atoms with E-state index in [1.54, 1.807) is 43.6 Å². The van der Waals surface area contributed by atoms with E-state index < -0.39 is 11.9 Å². The van der Waals surface area contributed by atoms with Crippen molar-refractivity contribution in [3.05, 3.63) is 65.2 Å². The molecule has 1 atom stereocenters. The molecule has 2 aliphatic heterocycles. The van der Waals surface area contributed by atoms with E-state index in [0.29, 0.717) is 23.1 Å². The van der Waals surface area contributed by atoms with Crippen LogP contribution in [0.15, 0.2) is 53.8 Å². The van der Waals surface area contributed by atoms with E-state index >= 15 is 0 Å². The van der Waals surface area contributed by atoms with Gasteiger partial charge in [0, 0.05) is 49.6 Å². The van der Waals surface area contributed by atoms with Gasteiger partial charge in [0.25, 0.3) is 5.91 Å². The summed E-state index contributed by atoms with van der Waals surface area (Å²) in [5.74, 6) is -1.36. The third-order valence-corrected chi connectivity index (χ3v) is 5.12. The van der Waals surface area contributed by atoms with Crippen molar-refractivity contribution in [3.63, 3.8) is 0 Å². The Morgan fingerprint density at radius 1 is 1.30 bits per heavy atom. The SMILES string of the molecule is C\C=C/C=C1/C(=O)N(C2CCC(=O)NC2=O)C/C1=C\NCc1cc(NC)ccc1F. The summed E-state index contributed by atoms with van der Waals surface area (Å²) in [6.45, 7) is 2.32. The minimum Gasteiger partial charge on any atom is -0.388 e. The summed E-state index contributed by atoms with van der Waals surface area (Å²) >= 11 is 0. The maximum atomic E-state index is 14.0. The van der Waals surface area contributed by atoms with Gasteiger partial charge in [0.15, 0.2) is 0 Å². The van der Waals surface area contributed by atoms with Crippen molar-refractivity contribution in [1.29, 1.82) is 0 Å². The zero-order valence-electron chi connectivity index (χ0n) is 17.0. The molecule has 0 aromatic heterocycles. The van der Waals surface area contributed by atoms with Gasteiger partial charge in [-0.05, 0) is 43.2 Å². The molecule has 7 nitrogen and oxygen atoms in total. The molecule has 2 saturated heterocycles. The zero-order chi connectivity index (χ0) is 21.7. The van der Waals surface area contributed by atoms with Gasteiger partial charge in [0.05, 0.1) is 0 Å². The predicted molar refractivity (Wildman–Crippen MR) is 112 cm³/mol. The van der Waals surface area contributed by atoms with Crippen LogP contribution in [-0.4, -0.2) is 42.3 Å². The van der Waals surface area contributed by atoms with Crippen LogP contribution >= 0.6 is 0 Å². The largest absolute Gasteiger partial charge is 0.388 e. The number of rotatable bonds is 6. The Morgan fingerprint density at radius 3 is 2.80 bits per heavy atom. The fourth-order valence-corrected chi connectivity index (χ4v) is 3.51. The first-order valence-electron chi connectivity index (χ1n) is 9.81. The van der Waals surface area contributed by atoms with Crippen LogP contribution in [0, 0.1) is 5.82 Å². The number of nitrogens with one attached hydrogen (secondary N) is 3. The van der Waals surface area contributed by atoms with Crippen LogP contribution in [0.5, 0.6) is 0 Å². The standard InChI is InChI=1S/C22H25FN4O3/c1-3-4-5-17-15(12-25-11-14-10-16(24-2)6-7-18(14)23)13-27(22(17)30)19-8-9-20(28)26-21(19)29/h3-7,10,12,19,24-25H,8-9,11,13H2,1-2H3,(H,26,28,29)/b4-3-,15-12+,17-5+. The molecule has 0 radical (unpaired) electrons. The monoisotopic (exact) mass is 412 g/mol. The van der Waals surface area contributed by atoms with Crippen LogP contribution in [0.4, 0.5) is 10.1 Å². The first-order chi connectivity index (χ1) is 14.4. The zero-order valence-corrected chi connectivity index (χ0v) is 17.0. The molecule has 2 fully saturated rings. The summed E-state index contributed by atoms with van der Waals surface area (Å²) in [4.78, 5) is 38.1. The fraction of sp³-hybridized carbons (Fsp3) is 0.318. The van der Waals surface area contributed by atoms with Gasteiger partial charge in [-0.3, -0.25) is 19.7 Å². The molecule has 2 aliphatic rings. The lowest BCUT2D eigenvalue weighted by Gasteiger charge is -2.28. The Balaban J connectivity index is 1.79. The summed E-state index contributed by atoms with van der Waals surface area (Å²) < 4.78 is 14.0. The number of carbonyl (C=O) groups is 3. The van der Waals surface area contributed by atoms with Gasteiger partial charge >= 0.3 is 0 Å². The van der Waals surface area contributed by atoms with Crippen molar-refractivity contribution in [3.8, 4) is 0 Å². The highest BCUT2D eigenvalue weighted by atomic mass is 19.1. The van der Waals surface area contributed by atoms with Gasteiger partial charge in [-0.1, -0.05) is 12.2 Å². The number of amides is 3. The Hall–Kier alpha value is -3.42. The van der Waals surface area contributed by atoms with Crippen LogP contribution in [0.1, 0.15) is 25.3 Å². The molecule has 0 spiro atoms. The second kappa shape index (κ2) is 9.39. The molecule has 2 heterocycles. The van der Waals surface area contributed by atoms with E-state index in [9.17, 15) is 18.8 Å². The molecule has 3 amide bonds. The summed E-state index contributed by atoms with van der Waals surface area (Å²) in [6.07, 6.45) is 7.45. The molecule has 30 heavy (non-hydrogen) atoms. The Kier molecular flexibility index (Phi) is 6.66. The summed E-state index contributed by atoms with van der Waals surface area (Å²) in [6, 6.07) is 4.09. The highest BCUT2D eigenvalue weighted by molar-refractivity contribution is 6.07. The molecular formula is C22H25FN4O3. The average Bonchev–Trinajstić information content (AvgIpc) is 3.03. The van der Waals surface area contributed by atoms with Crippen LogP contribution in [0.25, 0.3) is 0 Å². The molecule has 158 valence electrons. The molecule has 1 aromatic rings. The van der Waals surface area contributed by atoms with Gasteiger partial charge in [-0.2, -0.15) is 0 Å².